The number of pyridine rings is 1. The fraction of sp³-hybridized carbons (Fsp3) is 0.174. The molecule has 0 saturated carbocycles. The van der Waals surface area contributed by atoms with Gasteiger partial charge in [-0.25, -0.2) is 8.42 Å². The van der Waals surface area contributed by atoms with Crippen molar-refractivity contribution in [2.75, 3.05) is 17.8 Å². The van der Waals surface area contributed by atoms with Gasteiger partial charge in [-0.15, -0.1) is 0 Å². The van der Waals surface area contributed by atoms with E-state index < -0.39 is 15.9 Å². The molecule has 0 spiro atoms. The maximum atomic E-state index is 12.5. The maximum Gasteiger partial charge on any atom is 0.261 e. The Bertz CT molecular complexity index is 1150. The van der Waals surface area contributed by atoms with Crippen molar-refractivity contribution in [1.29, 1.82) is 0 Å². The minimum absolute atomic E-state index is 0.0157. The molecule has 0 fully saturated rings. The van der Waals surface area contributed by atoms with E-state index in [2.05, 4.69) is 15.0 Å². The van der Waals surface area contributed by atoms with Crippen molar-refractivity contribution in [3.8, 4) is 0 Å². The second-order valence-corrected chi connectivity index (χ2v) is 8.62. The van der Waals surface area contributed by atoms with Crippen molar-refractivity contribution in [3.05, 3.63) is 90.3 Å². The zero-order valence-electron chi connectivity index (χ0n) is 17.6. The van der Waals surface area contributed by atoms with E-state index in [0.717, 1.165) is 5.56 Å². The highest BCUT2D eigenvalue weighted by Gasteiger charge is 2.17. The van der Waals surface area contributed by atoms with Crippen molar-refractivity contribution in [1.82, 2.24) is 15.2 Å². The van der Waals surface area contributed by atoms with Crippen molar-refractivity contribution < 1.29 is 18.0 Å². The molecule has 32 heavy (non-hydrogen) atoms. The number of aromatic nitrogens is 1. The van der Waals surface area contributed by atoms with E-state index in [0.29, 0.717) is 18.8 Å². The fourth-order valence-electron chi connectivity index (χ4n) is 2.97. The Morgan fingerprint density at radius 3 is 2.22 bits per heavy atom. The second-order valence-electron chi connectivity index (χ2n) is 6.94. The molecule has 0 aliphatic rings. The van der Waals surface area contributed by atoms with Gasteiger partial charge in [0.1, 0.15) is 0 Å². The molecule has 1 heterocycles. The number of nitrogens with zero attached hydrogens (tertiary/aromatic N) is 2. The van der Waals surface area contributed by atoms with E-state index in [1.54, 1.807) is 4.90 Å². The molecular weight excluding hydrogens is 428 g/mol. The van der Waals surface area contributed by atoms with Crippen LogP contribution in [0.4, 0.5) is 5.69 Å². The maximum absolute atomic E-state index is 12.5. The van der Waals surface area contributed by atoms with E-state index in [1.807, 2.05) is 37.3 Å². The smallest absolute Gasteiger partial charge is 0.261 e. The fourth-order valence-corrected chi connectivity index (χ4v) is 4.03. The Morgan fingerprint density at radius 2 is 1.59 bits per heavy atom. The highest BCUT2D eigenvalue weighted by Crippen LogP contribution is 2.16. The Balaban J connectivity index is 1.57. The molecule has 0 aliphatic heterocycles. The lowest BCUT2D eigenvalue weighted by Gasteiger charge is -2.21. The Hall–Kier alpha value is -3.72. The number of benzene rings is 2. The average Bonchev–Trinajstić information content (AvgIpc) is 2.82. The predicted octanol–water partition coefficient (Wildman–Crippen LogP) is 2.66. The SMILES string of the molecule is CCN(Cc1ccccc1)C(=O)CNC(=O)c1ccc(S(=O)(=O)Nc2ccncc2)cc1. The molecular formula is C23H24N4O4S. The summed E-state index contributed by atoms with van der Waals surface area (Å²) < 4.78 is 27.4. The van der Waals surface area contributed by atoms with E-state index in [1.165, 1.54) is 48.8 Å². The van der Waals surface area contributed by atoms with Gasteiger partial charge in [-0.3, -0.25) is 19.3 Å². The number of carbonyl (C=O) groups excluding carboxylic acids is 2. The summed E-state index contributed by atoms with van der Waals surface area (Å²) >= 11 is 0. The highest BCUT2D eigenvalue weighted by atomic mass is 32.2. The molecule has 2 amide bonds. The zero-order valence-corrected chi connectivity index (χ0v) is 18.4. The first-order valence-electron chi connectivity index (χ1n) is 10.0. The van der Waals surface area contributed by atoms with Crippen LogP contribution in [0.15, 0.2) is 84.0 Å². The molecule has 2 aromatic carbocycles. The van der Waals surface area contributed by atoms with Crippen LogP contribution in [0.3, 0.4) is 0 Å². The molecule has 1 aromatic heterocycles. The lowest BCUT2D eigenvalue weighted by molar-refractivity contribution is -0.130. The van der Waals surface area contributed by atoms with Crippen LogP contribution in [0.2, 0.25) is 0 Å². The topological polar surface area (TPSA) is 108 Å². The van der Waals surface area contributed by atoms with Crippen LogP contribution in [-0.4, -0.2) is 43.2 Å². The van der Waals surface area contributed by atoms with Crippen LogP contribution in [0, 0.1) is 0 Å². The average molecular weight is 453 g/mol. The van der Waals surface area contributed by atoms with Gasteiger partial charge in [-0.2, -0.15) is 0 Å². The molecule has 0 saturated heterocycles. The van der Waals surface area contributed by atoms with Gasteiger partial charge < -0.3 is 10.2 Å². The summed E-state index contributed by atoms with van der Waals surface area (Å²) in [6.45, 7) is 2.70. The highest BCUT2D eigenvalue weighted by molar-refractivity contribution is 7.92. The zero-order chi connectivity index (χ0) is 23.0. The first-order chi connectivity index (χ1) is 15.4. The van der Waals surface area contributed by atoms with Gasteiger partial charge in [-0.05, 0) is 48.9 Å². The largest absolute Gasteiger partial charge is 0.343 e. The first kappa shape index (κ1) is 23.0. The van der Waals surface area contributed by atoms with Gasteiger partial charge >= 0.3 is 0 Å². The Labute approximate surface area is 187 Å². The minimum Gasteiger partial charge on any atom is -0.343 e. The number of anilines is 1. The van der Waals surface area contributed by atoms with Gasteiger partial charge in [0, 0.05) is 31.0 Å². The van der Waals surface area contributed by atoms with Gasteiger partial charge in [0.2, 0.25) is 5.91 Å². The van der Waals surface area contributed by atoms with Crippen LogP contribution in [0.1, 0.15) is 22.8 Å². The number of hydrogen-bond acceptors (Lipinski definition) is 5. The Kier molecular flexibility index (Phi) is 7.56. The summed E-state index contributed by atoms with van der Waals surface area (Å²) in [5.74, 6) is -0.661. The third-order valence-corrected chi connectivity index (χ3v) is 6.11. The number of likely N-dealkylation sites (N-methyl/N-ethyl adjacent to an activating group) is 1. The summed E-state index contributed by atoms with van der Waals surface area (Å²) in [7, 11) is -3.80. The van der Waals surface area contributed by atoms with Crippen LogP contribution in [0.5, 0.6) is 0 Å². The number of carbonyl (C=O) groups is 2. The molecule has 8 nitrogen and oxygen atoms in total. The van der Waals surface area contributed by atoms with E-state index in [4.69, 9.17) is 0 Å². The third-order valence-electron chi connectivity index (χ3n) is 4.71. The summed E-state index contributed by atoms with van der Waals surface area (Å²) in [5.41, 5.74) is 1.65. The van der Waals surface area contributed by atoms with Crippen molar-refractivity contribution in [2.24, 2.45) is 0 Å². The van der Waals surface area contributed by atoms with E-state index in [-0.39, 0.29) is 22.9 Å². The summed E-state index contributed by atoms with van der Waals surface area (Å²) in [6.07, 6.45) is 2.96. The minimum atomic E-state index is -3.80. The van der Waals surface area contributed by atoms with Crippen LogP contribution in [0.25, 0.3) is 0 Å². The Morgan fingerprint density at radius 1 is 0.938 bits per heavy atom. The molecule has 0 bridgehead atoms. The number of sulfonamides is 1. The molecule has 9 heteroatoms. The molecule has 3 rings (SSSR count). The lowest BCUT2D eigenvalue weighted by Crippen LogP contribution is -2.39. The normalized spacial score (nSPS) is 10.9. The molecule has 0 radical (unpaired) electrons. The van der Waals surface area contributed by atoms with E-state index >= 15 is 0 Å². The van der Waals surface area contributed by atoms with Crippen LogP contribution < -0.4 is 10.0 Å². The second kappa shape index (κ2) is 10.5. The van der Waals surface area contributed by atoms with E-state index in [9.17, 15) is 18.0 Å². The molecule has 166 valence electrons. The van der Waals surface area contributed by atoms with Crippen LogP contribution in [-0.2, 0) is 21.4 Å². The quantitative estimate of drug-likeness (QED) is 0.519. The van der Waals surface area contributed by atoms with Gasteiger partial charge in [0.15, 0.2) is 0 Å². The predicted molar refractivity (Wildman–Crippen MR) is 121 cm³/mol. The standard InChI is InChI=1S/C23H24N4O4S/c1-2-27(17-18-6-4-3-5-7-18)22(28)16-25-23(29)19-8-10-21(11-9-19)32(30,31)26-20-12-14-24-15-13-20/h3-15H,2,16-17H2,1H3,(H,24,26)(H,25,29). The van der Waals surface area contributed by atoms with Crippen molar-refractivity contribution in [3.63, 3.8) is 0 Å². The van der Waals surface area contributed by atoms with Gasteiger partial charge in [-0.1, -0.05) is 30.3 Å². The summed E-state index contributed by atoms with van der Waals surface area (Å²) in [5, 5.41) is 2.60. The molecule has 3 aromatic rings. The lowest BCUT2D eigenvalue weighted by atomic mass is 10.2. The monoisotopic (exact) mass is 452 g/mol. The van der Waals surface area contributed by atoms with Gasteiger partial charge in [0.05, 0.1) is 17.1 Å². The number of nitrogens with one attached hydrogen (secondary N) is 2. The summed E-state index contributed by atoms with van der Waals surface area (Å²) in [4.78, 5) is 30.4. The first-order valence-corrected chi connectivity index (χ1v) is 11.5. The van der Waals surface area contributed by atoms with Crippen molar-refractivity contribution >= 4 is 27.5 Å². The molecule has 0 aliphatic carbocycles. The molecule has 0 unspecified atom stereocenters. The van der Waals surface area contributed by atoms with Gasteiger partial charge in [0.25, 0.3) is 15.9 Å². The number of amides is 2. The number of rotatable bonds is 9. The van der Waals surface area contributed by atoms with Crippen LogP contribution >= 0.6 is 0 Å². The van der Waals surface area contributed by atoms with Crippen molar-refractivity contribution in [2.45, 2.75) is 18.4 Å². The molecule has 2 N–H and O–H groups in total. The number of hydrogen-bond donors (Lipinski definition) is 2. The molecule has 0 atom stereocenters. The third kappa shape index (κ3) is 6.14. The summed E-state index contributed by atoms with van der Waals surface area (Å²) in [6, 6.07) is 18.2.